The first-order valence-electron chi connectivity index (χ1n) is 11.6. The maximum absolute atomic E-state index is 12.5. The molecule has 2 aliphatic rings. The summed E-state index contributed by atoms with van der Waals surface area (Å²) >= 11 is 1.49. The van der Waals surface area contributed by atoms with Gasteiger partial charge < -0.3 is 14.4 Å². The van der Waals surface area contributed by atoms with Crippen LogP contribution >= 0.6 is 11.3 Å². The molecule has 1 amide bonds. The number of carbonyl (C=O) groups excluding carboxylic acids is 2. The van der Waals surface area contributed by atoms with E-state index in [1.54, 1.807) is 0 Å². The number of nitrogens with zero attached hydrogens (tertiary/aromatic N) is 2. The standard InChI is InChI=1S/C25H32N2O4S/c1-2-30-25(29)22-9-3-4-13-27(22)18-19-7-5-8-21(17-19)31-20-11-14-26(15-12-20)24(28)23-10-6-16-32-23/h5-8,10,16-17,20,22H,2-4,9,11-15,18H2,1H3/t22-/m1/s1. The van der Waals surface area contributed by atoms with Crippen molar-refractivity contribution in [2.45, 2.75) is 57.7 Å². The van der Waals surface area contributed by atoms with Gasteiger partial charge in [0.1, 0.15) is 17.9 Å². The predicted octanol–water partition coefficient (Wildman–Crippen LogP) is 4.35. The number of hydrogen-bond acceptors (Lipinski definition) is 6. The lowest BCUT2D eigenvalue weighted by atomic mass is 10.0. The highest BCUT2D eigenvalue weighted by Gasteiger charge is 2.30. The van der Waals surface area contributed by atoms with E-state index in [1.807, 2.05) is 41.5 Å². The van der Waals surface area contributed by atoms with Gasteiger partial charge in [-0.3, -0.25) is 14.5 Å². The zero-order valence-electron chi connectivity index (χ0n) is 18.7. The van der Waals surface area contributed by atoms with Gasteiger partial charge >= 0.3 is 5.97 Å². The Labute approximate surface area is 194 Å². The van der Waals surface area contributed by atoms with Crippen molar-refractivity contribution in [1.29, 1.82) is 0 Å². The zero-order valence-corrected chi connectivity index (χ0v) is 19.5. The van der Waals surface area contributed by atoms with Crippen LogP contribution in [0.3, 0.4) is 0 Å². The normalized spacial score (nSPS) is 20.2. The second-order valence-electron chi connectivity index (χ2n) is 8.47. The number of carbonyl (C=O) groups is 2. The Kier molecular flexibility index (Phi) is 7.81. The number of piperidine rings is 2. The topological polar surface area (TPSA) is 59.1 Å². The Bertz CT molecular complexity index is 893. The van der Waals surface area contributed by atoms with Crippen molar-refractivity contribution in [1.82, 2.24) is 9.80 Å². The van der Waals surface area contributed by atoms with Crippen molar-refractivity contribution >= 4 is 23.2 Å². The molecule has 32 heavy (non-hydrogen) atoms. The van der Waals surface area contributed by atoms with Gasteiger partial charge in [0.25, 0.3) is 5.91 Å². The molecule has 7 heteroatoms. The molecule has 4 rings (SSSR count). The molecule has 0 saturated carbocycles. The molecule has 0 bridgehead atoms. The Hall–Kier alpha value is -2.38. The van der Waals surface area contributed by atoms with Gasteiger partial charge in [-0.15, -0.1) is 11.3 Å². The van der Waals surface area contributed by atoms with E-state index in [1.165, 1.54) is 11.3 Å². The number of benzene rings is 1. The molecule has 172 valence electrons. The molecular weight excluding hydrogens is 424 g/mol. The maximum Gasteiger partial charge on any atom is 0.323 e. The average Bonchev–Trinajstić information content (AvgIpc) is 3.35. The molecule has 2 saturated heterocycles. The first-order valence-corrected chi connectivity index (χ1v) is 12.5. The van der Waals surface area contributed by atoms with Crippen LogP contribution in [-0.4, -0.2) is 60.1 Å². The number of hydrogen-bond donors (Lipinski definition) is 0. The molecule has 1 atom stereocenters. The molecule has 0 unspecified atom stereocenters. The minimum Gasteiger partial charge on any atom is -0.490 e. The van der Waals surface area contributed by atoms with E-state index in [4.69, 9.17) is 9.47 Å². The van der Waals surface area contributed by atoms with Crippen LogP contribution in [0.5, 0.6) is 5.75 Å². The SMILES string of the molecule is CCOC(=O)[C@H]1CCCCN1Cc1cccc(OC2CCN(C(=O)c3cccs3)CC2)c1. The first kappa shape index (κ1) is 22.8. The van der Waals surface area contributed by atoms with Gasteiger partial charge in [-0.1, -0.05) is 24.6 Å². The third-order valence-electron chi connectivity index (χ3n) is 6.22. The minimum absolute atomic E-state index is 0.108. The van der Waals surface area contributed by atoms with Crippen LogP contribution in [0, 0.1) is 0 Å². The van der Waals surface area contributed by atoms with Gasteiger partial charge in [0, 0.05) is 32.5 Å². The molecule has 1 aromatic heterocycles. The summed E-state index contributed by atoms with van der Waals surface area (Å²) < 4.78 is 11.6. The van der Waals surface area contributed by atoms with Crippen LogP contribution in [0.15, 0.2) is 41.8 Å². The molecule has 3 heterocycles. The van der Waals surface area contributed by atoms with E-state index >= 15 is 0 Å². The van der Waals surface area contributed by atoms with Crippen LogP contribution < -0.4 is 4.74 Å². The number of thiophene rings is 1. The van der Waals surface area contributed by atoms with Crippen LogP contribution in [-0.2, 0) is 16.1 Å². The van der Waals surface area contributed by atoms with E-state index in [-0.39, 0.29) is 24.0 Å². The minimum atomic E-state index is -0.154. The lowest BCUT2D eigenvalue weighted by Gasteiger charge is -2.34. The summed E-state index contributed by atoms with van der Waals surface area (Å²) in [6.07, 6.45) is 4.81. The maximum atomic E-state index is 12.5. The molecule has 2 aliphatic heterocycles. The fraction of sp³-hybridized carbons (Fsp3) is 0.520. The van der Waals surface area contributed by atoms with E-state index in [9.17, 15) is 9.59 Å². The molecule has 0 radical (unpaired) electrons. The summed E-state index contributed by atoms with van der Waals surface area (Å²) in [5, 5.41) is 1.94. The van der Waals surface area contributed by atoms with Crippen molar-refractivity contribution in [3.05, 3.63) is 52.2 Å². The number of rotatable bonds is 7. The van der Waals surface area contributed by atoms with Crippen LogP contribution in [0.25, 0.3) is 0 Å². The van der Waals surface area contributed by atoms with Crippen molar-refractivity contribution < 1.29 is 19.1 Å². The van der Waals surface area contributed by atoms with E-state index in [0.717, 1.165) is 67.9 Å². The summed E-state index contributed by atoms with van der Waals surface area (Å²) in [6, 6.07) is 11.8. The fourth-order valence-electron chi connectivity index (χ4n) is 4.56. The monoisotopic (exact) mass is 456 g/mol. The molecule has 2 fully saturated rings. The van der Waals surface area contributed by atoms with E-state index in [0.29, 0.717) is 13.2 Å². The van der Waals surface area contributed by atoms with Crippen LogP contribution in [0.2, 0.25) is 0 Å². The predicted molar refractivity (Wildman–Crippen MR) is 125 cm³/mol. The number of esters is 1. The third-order valence-corrected chi connectivity index (χ3v) is 7.08. The smallest absolute Gasteiger partial charge is 0.323 e. The zero-order chi connectivity index (χ0) is 22.3. The summed E-state index contributed by atoms with van der Waals surface area (Å²) in [4.78, 5) is 29.9. The van der Waals surface area contributed by atoms with Crippen molar-refractivity contribution in [2.24, 2.45) is 0 Å². The van der Waals surface area contributed by atoms with Gasteiger partial charge in [-0.05, 0) is 55.5 Å². The summed E-state index contributed by atoms with van der Waals surface area (Å²) in [6.45, 7) is 5.34. The Morgan fingerprint density at radius 3 is 2.66 bits per heavy atom. The Morgan fingerprint density at radius 2 is 1.91 bits per heavy atom. The molecule has 2 aromatic rings. The number of likely N-dealkylation sites (tertiary alicyclic amines) is 2. The highest BCUT2D eigenvalue weighted by molar-refractivity contribution is 7.12. The molecule has 6 nitrogen and oxygen atoms in total. The van der Waals surface area contributed by atoms with Crippen molar-refractivity contribution in [3.8, 4) is 5.75 Å². The van der Waals surface area contributed by atoms with Crippen LogP contribution in [0.1, 0.15) is 54.3 Å². The van der Waals surface area contributed by atoms with E-state index < -0.39 is 0 Å². The highest BCUT2D eigenvalue weighted by atomic mass is 32.1. The number of amides is 1. The average molecular weight is 457 g/mol. The summed E-state index contributed by atoms with van der Waals surface area (Å²) in [7, 11) is 0. The Morgan fingerprint density at radius 1 is 1.06 bits per heavy atom. The quantitative estimate of drug-likeness (QED) is 0.580. The van der Waals surface area contributed by atoms with Gasteiger partial charge in [0.2, 0.25) is 0 Å². The molecule has 0 spiro atoms. The fourth-order valence-corrected chi connectivity index (χ4v) is 5.25. The lowest BCUT2D eigenvalue weighted by molar-refractivity contribution is -0.151. The summed E-state index contributed by atoms with van der Waals surface area (Å²) in [5.74, 6) is 0.872. The highest BCUT2D eigenvalue weighted by Crippen LogP contribution is 2.25. The van der Waals surface area contributed by atoms with Gasteiger partial charge in [0.05, 0.1) is 11.5 Å². The first-order chi connectivity index (χ1) is 15.6. The third kappa shape index (κ3) is 5.70. The summed E-state index contributed by atoms with van der Waals surface area (Å²) in [5.41, 5.74) is 1.14. The molecule has 1 aromatic carbocycles. The number of ether oxygens (including phenoxy) is 2. The molecular formula is C25H32N2O4S. The van der Waals surface area contributed by atoms with Gasteiger partial charge in [-0.2, -0.15) is 0 Å². The van der Waals surface area contributed by atoms with Gasteiger partial charge in [0.15, 0.2) is 0 Å². The van der Waals surface area contributed by atoms with Crippen LogP contribution in [0.4, 0.5) is 0 Å². The second kappa shape index (κ2) is 11.0. The largest absolute Gasteiger partial charge is 0.490 e. The van der Waals surface area contributed by atoms with E-state index in [2.05, 4.69) is 17.0 Å². The second-order valence-corrected chi connectivity index (χ2v) is 9.42. The molecule has 0 N–H and O–H groups in total. The Balaban J connectivity index is 1.31. The molecule has 0 aliphatic carbocycles. The lowest BCUT2D eigenvalue weighted by Crippen LogP contribution is -2.44. The van der Waals surface area contributed by atoms with Gasteiger partial charge in [-0.25, -0.2) is 0 Å². The van der Waals surface area contributed by atoms with Crippen molar-refractivity contribution in [2.75, 3.05) is 26.2 Å². The van der Waals surface area contributed by atoms with Crippen molar-refractivity contribution in [3.63, 3.8) is 0 Å².